The summed E-state index contributed by atoms with van der Waals surface area (Å²) in [6.07, 6.45) is -4.17. The van der Waals surface area contributed by atoms with Gasteiger partial charge >= 0.3 is 17.8 Å². The summed E-state index contributed by atoms with van der Waals surface area (Å²) in [4.78, 5) is 26.9. The van der Waals surface area contributed by atoms with Crippen LogP contribution in [0.15, 0.2) is 53.1 Å². The van der Waals surface area contributed by atoms with Gasteiger partial charge in [-0.1, -0.05) is 30.3 Å². The van der Waals surface area contributed by atoms with Crippen LogP contribution in [0, 0.1) is 0 Å². The Bertz CT molecular complexity index is 801. The smallest absolute Gasteiger partial charge is 0.464 e. The fourth-order valence-corrected chi connectivity index (χ4v) is 2.51. The molecule has 0 aliphatic rings. The van der Waals surface area contributed by atoms with Gasteiger partial charge in [0.1, 0.15) is 6.20 Å². The average Bonchev–Trinajstić information content (AvgIpc) is 2.62. The van der Waals surface area contributed by atoms with Crippen LogP contribution < -0.4 is 15.6 Å². The van der Waals surface area contributed by atoms with E-state index in [1.54, 1.807) is 35.6 Å². The SMILES string of the molecule is COC(=O)[C@@](NC(=O)Cc1ccccc1)(Nc1ccc(Br)c[nH+]1)C(F)(F)F. The summed E-state index contributed by atoms with van der Waals surface area (Å²) in [6.45, 7) is 0. The topological polar surface area (TPSA) is 81.6 Å². The molecule has 10 heteroatoms. The maximum Gasteiger partial charge on any atom is 0.464 e. The number of halogens is 4. The quantitative estimate of drug-likeness (QED) is 0.527. The summed E-state index contributed by atoms with van der Waals surface area (Å²) in [5.74, 6) is -2.86. The normalized spacial score (nSPS) is 13.4. The third kappa shape index (κ3) is 4.97. The van der Waals surface area contributed by atoms with Gasteiger partial charge in [0, 0.05) is 6.07 Å². The zero-order chi connectivity index (χ0) is 20.1. The number of pyridine rings is 1. The molecule has 144 valence electrons. The maximum absolute atomic E-state index is 13.9. The van der Waals surface area contributed by atoms with Crippen molar-refractivity contribution in [3.05, 3.63) is 58.7 Å². The van der Waals surface area contributed by atoms with E-state index in [0.29, 0.717) is 10.0 Å². The van der Waals surface area contributed by atoms with E-state index >= 15 is 0 Å². The van der Waals surface area contributed by atoms with E-state index in [9.17, 15) is 22.8 Å². The Morgan fingerprint density at radius 3 is 2.33 bits per heavy atom. The Balaban J connectivity index is 2.36. The molecule has 0 aliphatic carbocycles. The van der Waals surface area contributed by atoms with Crippen LogP contribution in [0.5, 0.6) is 0 Å². The van der Waals surface area contributed by atoms with Crippen LogP contribution in [0.3, 0.4) is 0 Å². The molecule has 0 spiro atoms. The first-order chi connectivity index (χ1) is 12.7. The number of benzene rings is 1. The van der Waals surface area contributed by atoms with Crippen molar-refractivity contribution in [3.63, 3.8) is 0 Å². The number of anilines is 1. The van der Waals surface area contributed by atoms with Gasteiger partial charge in [0.2, 0.25) is 5.91 Å². The number of aromatic nitrogens is 1. The standard InChI is InChI=1S/C17H15BrF3N3O3/c1-27-15(26)16(17(19,20)21,23-13-8-7-12(18)10-22-13)24-14(25)9-11-5-3-2-4-6-11/h2-8,10H,9H2,1H3,(H,22,23)(H,24,25)/p+1/t16-/m0/s1. The summed E-state index contributed by atoms with van der Waals surface area (Å²) in [6, 6.07) is 10.9. The molecule has 2 aromatic rings. The van der Waals surface area contributed by atoms with Crippen molar-refractivity contribution >= 4 is 33.6 Å². The fourth-order valence-electron chi connectivity index (χ4n) is 2.26. The zero-order valence-corrected chi connectivity index (χ0v) is 15.6. The van der Waals surface area contributed by atoms with Crippen LogP contribution >= 0.6 is 15.9 Å². The Labute approximate surface area is 161 Å². The first-order valence-corrected chi connectivity index (χ1v) is 8.43. The Hall–Kier alpha value is -2.62. The lowest BCUT2D eigenvalue weighted by atomic mass is 10.1. The third-order valence-corrected chi connectivity index (χ3v) is 4.04. The van der Waals surface area contributed by atoms with E-state index in [4.69, 9.17) is 0 Å². The van der Waals surface area contributed by atoms with Crippen molar-refractivity contribution in [3.8, 4) is 0 Å². The number of carbonyl (C=O) groups excluding carboxylic acids is 2. The molecule has 0 saturated carbocycles. The fraction of sp³-hybridized carbons (Fsp3) is 0.235. The van der Waals surface area contributed by atoms with E-state index in [2.05, 4.69) is 25.7 Å². The maximum atomic E-state index is 13.9. The molecular formula is C17H16BrF3N3O3+. The van der Waals surface area contributed by atoms with Crippen molar-refractivity contribution in [1.29, 1.82) is 0 Å². The van der Waals surface area contributed by atoms with Crippen molar-refractivity contribution in [2.75, 3.05) is 12.4 Å². The van der Waals surface area contributed by atoms with Crippen molar-refractivity contribution in [2.24, 2.45) is 0 Å². The van der Waals surface area contributed by atoms with Crippen LogP contribution in [-0.2, 0) is 20.7 Å². The van der Waals surface area contributed by atoms with Crippen LogP contribution in [0.1, 0.15) is 5.56 Å². The molecule has 1 heterocycles. The molecule has 6 nitrogen and oxygen atoms in total. The molecule has 0 aliphatic heterocycles. The van der Waals surface area contributed by atoms with Gasteiger partial charge in [-0.15, -0.1) is 0 Å². The molecule has 3 N–H and O–H groups in total. The van der Waals surface area contributed by atoms with Crippen molar-refractivity contribution in [1.82, 2.24) is 5.32 Å². The average molecular weight is 447 g/mol. The highest BCUT2D eigenvalue weighted by Gasteiger charge is 2.67. The number of H-pyrrole nitrogens is 1. The Kier molecular flexibility index (Phi) is 6.42. The second-order valence-corrected chi connectivity index (χ2v) is 6.41. The first kappa shape index (κ1) is 20.7. The molecule has 0 unspecified atom stereocenters. The number of ether oxygens (including phenoxy) is 1. The predicted octanol–water partition coefficient (Wildman–Crippen LogP) is 2.47. The van der Waals surface area contributed by atoms with Gasteiger partial charge in [-0.25, -0.2) is 15.1 Å². The number of hydrogen-bond donors (Lipinski definition) is 2. The molecule has 1 amide bonds. The van der Waals surface area contributed by atoms with Crippen LogP contribution in [-0.4, -0.2) is 30.8 Å². The number of hydrogen-bond acceptors (Lipinski definition) is 4. The van der Waals surface area contributed by atoms with E-state index in [1.165, 1.54) is 18.3 Å². The number of nitrogens with one attached hydrogen (secondary N) is 3. The van der Waals surface area contributed by atoms with Crippen LogP contribution in [0.25, 0.3) is 0 Å². The molecule has 0 fully saturated rings. The highest BCUT2D eigenvalue weighted by Crippen LogP contribution is 2.32. The minimum absolute atomic E-state index is 0.152. The van der Waals surface area contributed by atoms with Gasteiger partial charge in [0.05, 0.1) is 18.0 Å². The number of carbonyl (C=O) groups is 2. The summed E-state index contributed by atoms with van der Waals surface area (Å²) in [5, 5.41) is 3.77. The van der Waals surface area contributed by atoms with Gasteiger partial charge in [-0.3, -0.25) is 10.1 Å². The molecule has 0 saturated heterocycles. The molecule has 1 aromatic heterocycles. The van der Waals surface area contributed by atoms with Gasteiger partial charge in [-0.2, -0.15) is 13.2 Å². The van der Waals surface area contributed by atoms with Crippen LogP contribution in [0.4, 0.5) is 19.0 Å². The van der Waals surface area contributed by atoms with E-state index < -0.39 is 23.7 Å². The summed E-state index contributed by atoms with van der Waals surface area (Å²) >= 11 is 3.14. The number of rotatable bonds is 6. The Morgan fingerprint density at radius 2 is 1.81 bits per heavy atom. The predicted molar refractivity (Wildman–Crippen MR) is 93.4 cm³/mol. The van der Waals surface area contributed by atoms with Crippen molar-refractivity contribution in [2.45, 2.75) is 18.3 Å². The minimum Gasteiger partial charge on any atom is -0.464 e. The second-order valence-electron chi connectivity index (χ2n) is 5.50. The molecule has 0 radical (unpaired) electrons. The highest BCUT2D eigenvalue weighted by molar-refractivity contribution is 9.10. The Morgan fingerprint density at radius 1 is 1.15 bits per heavy atom. The number of aromatic amines is 1. The van der Waals surface area contributed by atoms with Gasteiger partial charge in [-0.05, 0) is 27.6 Å². The number of amides is 1. The number of esters is 1. The van der Waals surface area contributed by atoms with Gasteiger partial charge in [0.15, 0.2) is 0 Å². The number of methoxy groups -OCH3 is 1. The molecule has 2 rings (SSSR count). The molecule has 1 atom stereocenters. The lowest BCUT2D eigenvalue weighted by Crippen LogP contribution is -2.69. The highest BCUT2D eigenvalue weighted by atomic mass is 79.9. The summed E-state index contributed by atoms with van der Waals surface area (Å²) < 4.78 is 46.5. The number of alkyl halides is 3. The van der Waals surface area contributed by atoms with Gasteiger partial charge < -0.3 is 4.74 Å². The lowest BCUT2D eigenvalue weighted by Gasteiger charge is -2.30. The minimum atomic E-state index is -5.19. The summed E-state index contributed by atoms with van der Waals surface area (Å²) in [5.41, 5.74) is -2.97. The van der Waals surface area contributed by atoms with E-state index in [1.807, 2.05) is 5.32 Å². The third-order valence-electron chi connectivity index (χ3n) is 3.55. The van der Waals surface area contributed by atoms with Crippen LogP contribution in [0.2, 0.25) is 0 Å². The largest absolute Gasteiger partial charge is 0.464 e. The van der Waals surface area contributed by atoms with Gasteiger partial charge in [0.25, 0.3) is 5.82 Å². The first-order valence-electron chi connectivity index (χ1n) is 7.63. The summed E-state index contributed by atoms with van der Waals surface area (Å²) in [7, 11) is 0.805. The molecule has 1 aromatic carbocycles. The molecular weight excluding hydrogens is 431 g/mol. The monoisotopic (exact) mass is 446 g/mol. The van der Waals surface area contributed by atoms with E-state index in [0.717, 1.165) is 7.11 Å². The zero-order valence-electron chi connectivity index (χ0n) is 14.1. The van der Waals surface area contributed by atoms with Crippen molar-refractivity contribution < 1.29 is 32.5 Å². The molecule has 27 heavy (non-hydrogen) atoms. The lowest BCUT2D eigenvalue weighted by molar-refractivity contribution is -0.363. The molecule has 0 bridgehead atoms. The van der Waals surface area contributed by atoms with E-state index in [-0.39, 0.29) is 12.2 Å². The second kappa shape index (κ2) is 8.38.